The lowest BCUT2D eigenvalue weighted by atomic mass is 9.95. The van der Waals surface area contributed by atoms with Crippen LogP contribution >= 0.6 is 0 Å². The van der Waals surface area contributed by atoms with Crippen LogP contribution in [0.15, 0.2) is 60.8 Å². The van der Waals surface area contributed by atoms with E-state index in [2.05, 4.69) is 30.3 Å². The Morgan fingerprint density at radius 2 is 1.90 bits per heavy atom. The molecule has 212 valence electrons. The SMILES string of the molecule is C=CCOc1ccc(C2/C(=C(\O)c3c(C)nc4ccccn34)C(=O)C(=O)N2CCCN(CC)CC)cc1OCC. The Kier molecular flexibility index (Phi) is 9.26. The molecule has 0 bridgehead atoms. The summed E-state index contributed by atoms with van der Waals surface area (Å²) >= 11 is 0. The number of Topliss-reactive ketones (excluding diaryl/α,β-unsaturated/α-hetero) is 1. The molecule has 1 amide bonds. The van der Waals surface area contributed by atoms with Crippen LogP contribution in [-0.4, -0.2) is 75.4 Å². The summed E-state index contributed by atoms with van der Waals surface area (Å²) in [5, 5.41) is 11.7. The van der Waals surface area contributed by atoms with Crippen LogP contribution in [0.5, 0.6) is 11.5 Å². The average molecular weight is 547 g/mol. The van der Waals surface area contributed by atoms with Gasteiger partial charge in [-0.1, -0.05) is 38.6 Å². The van der Waals surface area contributed by atoms with Crippen LogP contribution in [0.25, 0.3) is 11.4 Å². The number of fused-ring (bicyclic) bond motifs is 1. The molecule has 1 aromatic carbocycles. The number of carbonyl (C=O) groups is 2. The third kappa shape index (κ3) is 5.60. The number of aliphatic hydroxyl groups is 1. The van der Waals surface area contributed by atoms with E-state index in [4.69, 9.17) is 9.47 Å². The van der Waals surface area contributed by atoms with Crippen molar-refractivity contribution in [3.8, 4) is 11.5 Å². The molecule has 0 saturated carbocycles. The third-order valence-electron chi connectivity index (χ3n) is 7.18. The van der Waals surface area contributed by atoms with E-state index in [0.29, 0.717) is 60.3 Å². The minimum absolute atomic E-state index is 0.0313. The van der Waals surface area contributed by atoms with Gasteiger partial charge in [-0.05, 0) is 69.7 Å². The Hall–Kier alpha value is -4.11. The molecule has 1 unspecified atom stereocenters. The number of aromatic nitrogens is 2. The van der Waals surface area contributed by atoms with Gasteiger partial charge in [0, 0.05) is 12.7 Å². The molecule has 3 aromatic rings. The van der Waals surface area contributed by atoms with E-state index < -0.39 is 17.7 Å². The summed E-state index contributed by atoms with van der Waals surface area (Å²) in [6.45, 7) is 15.2. The molecule has 1 atom stereocenters. The number of likely N-dealkylation sites (tertiary alicyclic amines) is 1. The first-order chi connectivity index (χ1) is 19.4. The van der Waals surface area contributed by atoms with Crippen molar-refractivity contribution in [3.05, 3.63) is 77.8 Å². The van der Waals surface area contributed by atoms with Gasteiger partial charge in [-0.2, -0.15) is 0 Å². The Balaban J connectivity index is 1.85. The molecular formula is C31H38N4O5. The van der Waals surface area contributed by atoms with E-state index in [1.165, 1.54) is 0 Å². The van der Waals surface area contributed by atoms with Gasteiger partial charge < -0.3 is 24.4 Å². The summed E-state index contributed by atoms with van der Waals surface area (Å²) in [5.41, 5.74) is 2.25. The Bertz CT molecular complexity index is 1420. The number of pyridine rings is 1. The van der Waals surface area contributed by atoms with Gasteiger partial charge in [-0.15, -0.1) is 0 Å². The summed E-state index contributed by atoms with van der Waals surface area (Å²) < 4.78 is 13.4. The fourth-order valence-electron chi connectivity index (χ4n) is 5.22. The number of hydrogen-bond acceptors (Lipinski definition) is 7. The van der Waals surface area contributed by atoms with Crippen molar-refractivity contribution in [1.29, 1.82) is 0 Å². The number of hydrogen-bond donors (Lipinski definition) is 1. The van der Waals surface area contributed by atoms with E-state index in [9.17, 15) is 14.7 Å². The van der Waals surface area contributed by atoms with Crippen LogP contribution in [0, 0.1) is 6.92 Å². The van der Waals surface area contributed by atoms with E-state index >= 15 is 0 Å². The lowest BCUT2D eigenvalue weighted by Crippen LogP contribution is -2.33. The van der Waals surface area contributed by atoms with Crippen LogP contribution in [0.2, 0.25) is 0 Å². The fraction of sp³-hybridized carbons (Fsp3) is 0.387. The van der Waals surface area contributed by atoms with Crippen molar-refractivity contribution in [2.75, 3.05) is 39.4 Å². The van der Waals surface area contributed by atoms with Gasteiger partial charge in [0.15, 0.2) is 17.3 Å². The summed E-state index contributed by atoms with van der Waals surface area (Å²) in [4.78, 5) is 35.5. The zero-order chi connectivity index (χ0) is 28.8. The number of aryl methyl sites for hydroxylation is 1. The highest BCUT2D eigenvalue weighted by Gasteiger charge is 2.46. The summed E-state index contributed by atoms with van der Waals surface area (Å²) in [6, 6.07) is 10.0. The monoisotopic (exact) mass is 546 g/mol. The number of ether oxygens (including phenoxy) is 2. The quantitative estimate of drug-likeness (QED) is 0.143. The van der Waals surface area contributed by atoms with E-state index in [0.717, 1.165) is 19.6 Å². The van der Waals surface area contributed by atoms with E-state index in [1.807, 2.05) is 31.2 Å². The Morgan fingerprint density at radius 3 is 2.60 bits per heavy atom. The van der Waals surface area contributed by atoms with E-state index in [1.54, 1.807) is 40.6 Å². The van der Waals surface area contributed by atoms with E-state index in [-0.39, 0.29) is 11.3 Å². The second-order valence-electron chi connectivity index (χ2n) is 9.59. The molecule has 1 fully saturated rings. The van der Waals surface area contributed by atoms with Crippen molar-refractivity contribution in [1.82, 2.24) is 19.2 Å². The van der Waals surface area contributed by atoms with Crippen LogP contribution < -0.4 is 9.47 Å². The molecule has 0 spiro atoms. The number of carbonyl (C=O) groups excluding carboxylic acids is 2. The predicted molar refractivity (Wildman–Crippen MR) is 155 cm³/mol. The van der Waals surface area contributed by atoms with Crippen LogP contribution in [0.4, 0.5) is 0 Å². The Morgan fingerprint density at radius 1 is 1.12 bits per heavy atom. The van der Waals surface area contributed by atoms with Gasteiger partial charge in [0.25, 0.3) is 11.7 Å². The van der Waals surface area contributed by atoms with Crippen LogP contribution in [0.3, 0.4) is 0 Å². The first-order valence-corrected chi connectivity index (χ1v) is 13.8. The van der Waals surface area contributed by atoms with Gasteiger partial charge in [-0.3, -0.25) is 14.0 Å². The maximum atomic E-state index is 13.6. The summed E-state index contributed by atoms with van der Waals surface area (Å²) in [5.74, 6) is -0.595. The maximum absolute atomic E-state index is 13.6. The van der Waals surface area contributed by atoms with Crippen molar-refractivity contribution >= 4 is 23.1 Å². The molecule has 0 aliphatic carbocycles. The lowest BCUT2D eigenvalue weighted by Gasteiger charge is -2.27. The maximum Gasteiger partial charge on any atom is 0.295 e. The highest BCUT2D eigenvalue weighted by Crippen LogP contribution is 2.42. The average Bonchev–Trinajstić information content (AvgIpc) is 3.42. The highest BCUT2D eigenvalue weighted by atomic mass is 16.5. The second kappa shape index (κ2) is 12.8. The normalized spacial score (nSPS) is 16.7. The van der Waals surface area contributed by atoms with Gasteiger partial charge in [-0.25, -0.2) is 4.98 Å². The molecule has 1 N–H and O–H groups in total. The van der Waals surface area contributed by atoms with Crippen molar-refractivity contribution < 1.29 is 24.2 Å². The van der Waals surface area contributed by atoms with Gasteiger partial charge in [0.2, 0.25) is 0 Å². The van der Waals surface area contributed by atoms with Gasteiger partial charge >= 0.3 is 0 Å². The highest BCUT2D eigenvalue weighted by molar-refractivity contribution is 6.46. The zero-order valence-corrected chi connectivity index (χ0v) is 23.7. The topological polar surface area (TPSA) is 96.6 Å². The van der Waals surface area contributed by atoms with Crippen molar-refractivity contribution in [2.45, 2.75) is 40.2 Å². The standard InChI is InChI=1S/C31H38N4O5/c1-6-19-40-23-15-14-22(20-24(23)39-9-4)28-26(29(36)27-21(5)32-25-13-10-11-17-34(25)27)30(37)31(38)35(28)18-12-16-33(7-2)8-3/h6,10-11,13-15,17,20,28,36H,1,7-9,12,16,18-19H2,2-5H3/b29-26+. The number of nitrogens with zero attached hydrogens (tertiary/aromatic N) is 4. The Labute approximate surface area is 235 Å². The van der Waals surface area contributed by atoms with Crippen molar-refractivity contribution in [3.63, 3.8) is 0 Å². The molecule has 9 nitrogen and oxygen atoms in total. The molecule has 3 heterocycles. The largest absolute Gasteiger partial charge is 0.505 e. The molecule has 1 aliphatic rings. The van der Waals surface area contributed by atoms with Crippen LogP contribution in [0.1, 0.15) is 50.2 Å². The minimum atomic E-state index is -0.807. The fourth-order valence-corrected chi connectivity index (χ4v) is 5.22. The molecule has 1 aliphatic heterocycles. The number of aliphatic hydroxyl groups excluding tert-OH is 1. The number of ketones is 1. The second-order valence-corrected chi connectivity index (χ2v) is 9.59. The molecule has 40 heavy (non-hydrogen) atoms. The number of benzene rings is 1. The summed E-state index contributed by atoms with van der Waals surface area (Å²) in [7, 11) is 0. The molecular weight excluding hydrogens is 508 g/mol. The van der Waals surface area contributed by atoms with Crippen LogP contribution in [-0.2, 0) is 9.59 Å². The molecule has 2 aromatic heterocycles. The van der Waals surface area contributed by atoms with Crippen molar-refractivity contribution in [2.24, 2.45) is 0 Å². The predicted octanol–water partition coefficient (Wildman–Crippen LogP) is 4.76. The first-order valence-electron chi connectivity index (χ1n) is 13.8. The number of rotatable bonds is 13. The van der Waals surface area contributed by atoms with Gasteiger partial charge in [0.1, 0.15) is 17.9 Å². The summed E-state index contributed by atoms with van der Waals surface area (Å²) in [6.07, 6.45) is 4.10. The number of imidazole rings is 1. The molecule has 1 saturated heterocycles. The minimum Gasteiger partial charge on any atom is -0.505 e. The first kappa shape index (κ1) is 28.9. The smallest absolute Gasteiger partial charge is 0.295 e. The molecule has 0 radical (unpaired) electrons. The lowest BCUT2D eigenvalue weighted by molar-refractivity contribution is -0.140. The van der Waals surface area contributed by atoms with Gasteiger partial charge in [0.05, 0.1) is 23.9 Å². The molecule has 4 rings (SSSR count). The zero-order valence-electron chi connectivity index (χ0n) is 23.7. The molecule has 9 heteroatoms. The third-order valence-corrected chi connectivity index (χ3v) is 7.18. The number of amides is 1.